The summed E-state index contributed by atoms with van der Waals surface area (Å²) in [5.41, 5.74) is -0.605. The van der Waals surface area contributed by atoms with Crippen LogP contribution in [0.5, 0.6) is 0 Å². The Morgan fingerprint density at radius 3 is 2.59 bits per heavy atom. The Morgan fingerprint density at radius 1 is 1.26 bits per heavy atom. The maximum Gasteiger partial charge on any atom is 0.264 e. The number of likely N-dealkylation sites (tertiary alicyclic amines) is 1. The fourth-order valence-electron chi connectivity index (χ4n) is 5.01. The zero-order valence-electron chi connectivity index (χ0n) is 19.9. The third kappa shape index (κ3) is 5.79. The lowest BCUT2D eigenvalue weighted by atomic mass is 9.91. The molecule has 0 unspecified atom stereocenters. The monoisotopic (exact) mass is 495 g/mol. The molecular weight excluding hydrogens is 461 g/mol. The maximum atomic E-state index is 14.4. The van der Waals surface area contributed by atoms with Gasteiger partial charge in [0.25, 0.3) is 11.5 Å². The first-order chi connectivity index (χ1) is 15.8. The molecule has 0 spiro atoms. The largest absolute Gasteiger partial charge is 0.388 e. The predicted molar refractivity (Wildman–Crippen MR) is 132 cm³/mol. The molecule has 188 valence electrons. The highest BCUT2D eigenvalue weighted by atomic mass is 35.5. The number of piperidine rings is 1. The molecule has 0 radical (unpaired) electrons. The van der Waals surface area contributed by atoms with Crippen molar-refractivity contribution in [3.8, 4) is 0 Å². The molecule has 3 heterocycles. The average Bonchev–Trinajstić information content (AvgIpc) is 2.78. The molecule has 1 amide bonds. The lowest BCUT2D eigenvalue weighted by molar-refractivity contribution is -0.0829. The van der Waals surface area contributed by atoms with E-state index in [1.54, 1.807) is 12.1 Å². The molecule has 1 aromatic heterocycles. The topological polar surface area (TPSA) is 83.8 Å². The number of halogens is 2. The molecule has 2 saturated heterocycles. The van der Waals surface area contributed by atoms with Gasteiger partial charge in [-0.1, -0.05) is 6.07 Å². The Labute approximate surface area is 205 Å². The first kappa shape index (κ1) is 26.6. The van der Waals surface area contributed by atoms with E-state index in [9.17, 15) is 19.1 Å². The number of nitrogens with zero attached hydrogens (tertiary/aromatic N) is 2. The van der Waals surface area contributed by atoms with Crippen molar-refractivity contribution in [2.24, 2.45) is 5.92 Å². The number of aliphatic hydroxyl groups is 1. The first-order valence-electron chi connectivity index (χ1n) is 11.9. The van der Waals surface area contributed by atoms with E-state index in [1.165, 1.54) is 16.7 Å². The van der Waals surface area contributed by atoms with Gasteiger partial charge in [-0.25, -0.2) is 4.39 Å². The Morgan fingerprint density at radius 2 is 1.94 bits per heavy atom. The van der Waals surface area contributed by atoms with Gasteiger partial charge in [0.1, 0.15) is 11.4 Å². The molecular formula is C25H35ClFN3O4. The summed E-state index contributed by atoms with van der Waals surface area (Å²) >= 11 is 0. The highest BCUT2D eigenvalue weighted by Gasteiger charge is 2.33. The predicted octanol–water partition coefficient (Wildman–Crippen LogP) is 3.13. The second-order valence-corrected chi connectivity index (χ2v) is 9.77. The van der Waals surface area contributed by atoms with Crippen LogP contribution in [0.15, 0.2) is 29.1 Å². The second-order valence-electron chi connectivity index (χ2n) is 9.77. The molecule has 2 N–H and O–H groups in total. The number of carbonyl (C=O) groups is 1. The molecule has 2 fully saturated rings. The zero-order chi connectivity index (χ0) is 23.6. The van der Waals surface area contributed by atoms with Crippen LogP contribution in [-0.4, -0.2) is 65.5 Å². The van der Waals surface area contributed by atoms with Gasteiger partial charge in [0.05, 0.1) is 11.1 Å². The van der Waals surface area contributed by atoms with E-state index in [0.717, 1.165) is 25.9 Å². The van der Waals surface area contributed by atoms with Crippen LogP contribution in [0.2, 0.25) is 0 Å². The van der Waals surface area contributed by atoms with E-state index in [2.05, 4.69) is 10.2 Å². The Bertz CT molecular complexity index is 1060. The summed E-state index contributed by atoms with van der Waals surface area (Å²) in [6.45, 7) is 7.77. The summed E-state index contributed by atoms with van der Waals surface area (Å²) in [6, 6.07) is 5.78. The van der Waals surface area contributed by atoms with Crippen molar-refractivity contribution in [3.63, 3.8) is 0 Å². The van der Waals surface area contributed by atoms with E-state index in [1.807, 2.05) is 13.8 Å². The van der Waals surface area contributed by atoms with Crippen LogP contribution in [0.3, 0.4) is 0 Å². The van der Waals surface area contributed by atoms with Gasteiger partial charge in [0.15, 0.2) is 0 Å². The minimum absolute atomic E-state index is 0. The number of rotatable bonds is 6. The van der Waals surface area contributed by atoms with Gasteiger partial charge >= 0.3 is 0 Å². The van der Waals surface area contributed by atoms with Gasteiger partial charge < -0.3 is 24.6 Å². The van der Waals surface area contributed by atoms with Crippen LogP contribution in [0.25, 0.3) is 10.9 Å². The number of pyridine rings is 1. The lowest BCUT2D eigenvalue weighted by Crippen LogP contribution is -2.49. The molecule has 0 atom stereocenters. The number of β-amino-alcohol motifs (C(OH)–C–C–N with tert-alkyl or cyclic N) is 1. The van der Waals surface area contributed by atoms with Gasteiger partial charge in [-0.2, -0.15) is 0 Å². The summed E-state index contributed by atoms with van der Waals surface area (Å²) in [6.07, 6.45) is 3.16. The zero-order valence-corrected chi connectivity index (χ0v) is 20.7. The standard InChI is InChI=1S/C25H34FN3O4.ClH/c1-17(2)29-22-5-3-4-21(26)19(22)14-20(24(29)31)23(30)27-15-18-6-10-28(11-7-18)16-25(32)8-12-33-13-9-25;/h3-5,14,17-18,32H,6-13,15-16H2,1-2H3,(H,27,30);1H. The number of benzene rings is 1. The third-order valence-corrected chi connectivity index (χ3v) is 6.99. The van der Waals surface area contributed by atoms with Gasteiger partial charge in [-0.15, -0.1) is 12.4 Å². The van der Waals surface area contributed by atoms with Crippen molar-refractivity contribution in [1.82, 2.24) is 14.8 Å². The normalized spacial score (nSPS) is 19.2. The van der Waals surface area contributed by atoms with Crippen molar-refractivity contribution < 1.29 is 19.0 Å². The number of carbonyl (C=O) groups excluding carboxylic acids is 1. The molecule has 7 nitrogen and oxygen atoms in total. The van der Waals surface area contributed by atoms with Gasteiger partial charge in [0.2, 0.25) is 0 Å². The minimum atomic E-state index is -0.666. The molecule has 4 rings (SSSR count). The Hall–Kier alpha value is -2.00. The molecule has 0 bridgehead atoms. The molecule has 34 heavy (non-hydrogen) atoms. The van der Waals surface area contributed by atoms with Crippen molar-refractivity contribution in [1.29, 1.82) is 0 Å². The van der Waals surface area contributed by atoms with E-state index in [4.69, 9.17) is 4.74 Å². The number of aromatic nitrogens is 1. The minimum Gasteiger partial charge on any atom is -0.388 e. The van der Waals surface area contributed by atoms with Gasteiger partial charge in [-0.05, 0) is 63.9 Å². The fraction of sp³-hybridized carbons (Fsp3) is 0.600. The fourth-order valence-corrected chi connectivity index (χ4v) is 5.01. The van der Waals surface area contributed by atoms with Crippen molar-refractivity contribution in [2.75, 3.05) is 39.4 Å². The third-order valence-electron chi connectivity index (χ3n) is 6.99. The molecule has 0 aliphatic carbocycles. The van der Waals surface area contributed by atoms with Crippen LogP contribution in [0.4, 0.5) is 4.39 Å². The van der Waals surface area contributed by atoms with Crippen molar-refractivity contribution in [2.45, 2.75) is 51.2 Å². The quantitative estimate of drug-likeness (QED) is 0.643. The van der Waals surface area contributed by atoms with Crippen LogP contribution in [0.1, 0.15) is 55.9 Å². The molecule has 0 saturated carbocycles. The second kappa shape index (κ2) is 11.2. The summed E-state index contributed by atoms with van der Waals surface area (Å²) in [4.78, 5) is 28.2. The van der Waals surface area contributed by atoms with Crippen LogP contribution < -0.4 is 10.9 Å². The van der Waals surface area contributed by atoms with Crippen molar-refractivity contribution in [3.05, 3.63) is 46.0 Å². The van der Waals surface area contributed by atoms with Gasteiger partial charge in [0, 0.05) is 50.6 Å². The van der Waals surface area contributed by atoms with Crippen LogP contribution in [-0.2, 0) is 4.74 Å². The lowest BCUT2D eigenvalue weighted by Gasteiger charge is -2.39. The first-order valence-corrected chi connectivity index (χ1v) is 11.9. The molecule has 2 aliphatic rings. The smallest absolute Gasteiger partial charge is 0.264 e. The highest BCUT2D eigenvalue weighted by molar-refractivity contribution is 5.97. The average molecular weight is 496 g/mol. The molecule has 2 aromatic rings. The number of nitrogens with one attached hydrogen (secondary N) is 1. The highest BCUT2D eigenvalue weighted by Crippen LogP contribution is 2.25. The van der Waals surface area contributed by atoms with Crippen LogP contribution in [0, 0.1) is 11.7 Å². The molecule has 2 aliphatic heterocycles. The summed E-state index contributed by atoms with van der Waals surface area (Å²) in [5, 5.41) is 13.9. The number of fused-ring (bicyclic) bond motifs is 1. The number of amides is 1. The number of hydrogen-bond donors (Lipinski definition) is 2. The van der Waals surface area contributed by atoms with Crippen molar-refractivity contribution >= 4 is 29.2 Å². The summed E-state index contributed by atoms with van der Waals surface area (Å²) in [5.74, 6) is -0.605. The van der Waals surface area contributed by atoms with E-state index < -0.39 is 22.9 Å². The SMILES string of the molecule is CC(C)n1c(=O)c(C(=O)NCC2CCN(CC3(O)CCOCC3)CC2)cc2c(F)cccc21.Cl. The number of ether oxygens (including phenoxy) is 1. The Kier molecular flexibility index (Phi) is 8.73. The van der Waals surface area contributed by atoms with Gasteiger partial charge in [-0.3, -0.25) is 9.59 Å². The van der Waals surface area contributed by atoms with E-state index in [-0.39, 0.29) is 29.4 Å². The molecule has 9 heteroatoms. The van der Waals surface area contributed by atoms with E-state index >= 15 is 0 Å². The number of hydrogen-bond acceptors (Lipinski definition) is 5. The summed E-state index contributed by atoms with van der Waals surface area (Å²) in [7, 11) is 0. The molecule has 1 aromatic carbocycles. The van der Waals surface area contributed by atoms with Crippen LogP contribution >= 0.6 is 12.4 Å². The van der Waals surface area contributed by atoms with E-state index in [0.29, 0.717) is 50.6 Å². The Balaban J connectivity index is 0.00000324. The summed E-state index contributed by atoms with van der Waals surface area (Å²) < 4.78 is 21.3. The maximum absolute atomic E-state index is 14.4.